The highest BCUT2D eigenvalue weighted by atomic mass is 19.1. The van der Waals surface area contributed by atoms with Gasteiger partial charge in [-0.3, -0.25) is 9.59 Å². The second-order valence-electron chi connectivity index (χ2n) is 7.24. The number of rotatable bonds is 3. The van der Waals surface area contributed by atoms with E-state index in [1.807, 2.05) is 0 Å². The van der Waals surface area contributed by atoms with Crippen LogP contribution in [0.1, 0.15) is 44.6 Å². The van der Waals surface area contributed by atoms with Gasteiger partial charge in [0, 0.05) is 19.0 Å². The van der Waals surface area contributed by atoms with Crippen LogP contribution in [0.25, 0.3) is 0 Å². The second-order valence-corrected chi connectivity index (χ2v) is 7.24. The number of nitrogens with one attached hydrogen (secondary N) is 1. The van der Waals surface area contributed by atoms with Crippen molar-refractivity contribution in [2.45, 2.75) is 52.0 Å². The zero-order valence-corrected chi connectivity index (χ0v) is 14.3. The van der Waals surface area contributed by atoms with Gasteiger partial charge in [0.15, 0.2) is 0 Å². The molecule has 2 aliphatic rings. The van der Waals surface area contributed by atoms with Gasteiger partial charge in [0.2, 0.25) is 11.8 Å². The molecule has 1 heterocycles. The molecule has 1 saturated carbocycles. The molecule has 3 atom stereocenters. The lowest BCUT2D eigenvalue weighted by Gasteiger charge is -2.30. The summed E-state index contributed by atoms with van der Waals surface area (Å²) in [5, 5.41) is 3.12. The van der Waals surface area contributed by atoms with Crippen molar-refractivity contribution in [3.05, 3.63) is 29.6 Å². The van der Waals surface area contributed by atoms with Crippen LogP contribution in [0.5, 0.6) is 0 Å². The van der Waals surface area contributed by atoms with Crippen LogP contribution in [-0.4, -0.2) is 24.4 Å². The largest absolute Gasteiger partial charge is 0.353 e. The Hall–Kier alpha value is -1.91. The molecule has 0 aromatic heterocycles. The number of halogens is 1. The number of hydrogen-bond acceptors (Lipinski definition) is 2. The summed E-state index contributed by atoms with van der Waals surface area (Å²) in [6, 6.07) is 5.01. The van der Waals surface area contributed by atoms with Crippen molar-refractivity contribution >= 4 is 17.5 Å². The SMILES string of the molecule is Cc1ccc(N2CC(C(=O)NC3CCCCC3C)CC2=O)c(F)c1. The number of hydrogen-bond donors (Lipinski definition) is 1. The van der Waals surface area contributed by atoms with Crippen LogP contribution < -0.4 is 10.2 Å². The number of amides is 2. The highest BCUT2D eigenvalue weighted by Gasteiger charge is 2.37. The van der Waals surface area contributed by atoms with E-state index in [1.54, 1.807) is 19.1 Å². The molecule has 3 rings (SSSR count). The standard InChI is InChI=1S/C19H25FN2O2/c1-12-7-8-17(15(20)9-12)22-11-14(10-18(22)23)19(24)21-16-6-4-3-5-13(16)2/h7-9,13-14,16H,3-6,10-11H2,1-2H3,(H,21,24). The predicted octanol–water partition coefficient (Wildman–Crippen LogP) is 3.18. The molecule has 24 heavy (non-hydrogen) atoms. The fourth-order valence-electron chi connectivity index (χ4n) is 3.78. The predicted molar refractivity (Wildman–Crippen MR) is 91.2 cm³/mol. The van der Waals surface area contributed by atoms with Gasteiger partial charge < -0.3 is 10.2 Å². The minimum absolute atomic E-state index is 0.0721. The lowest BCUT2D eigenvalue weighted by molar-refractivity contribution is -0.127. The van der Waals surface area contributed by atoms with E-state index in [-0.39, 0.29) is 36.5 Å². The first-order valence-corrected chi connectivity index (χ1v) is 8.82. The average Bonchev–Trinajstić information content (AvgIpc) is 2.91. The summed E-state index contributed by atoms with van der Waals surface area (Å²) >= 11 is 0. The van der Waals surface area contributed by atoms with Gasteiger partial charge in [-0.1, -0.05) is 25.8 Å². The number of carbonyl (C=O) groups is 2. The van der Waals surface area contributed by atoms with Gasteiger partial charge in [-0.25, -0.2) is 4.39 Å². The molecule has 0 spiro atoms. The fraction of sp³-hybridized carbons (Fsp3) is 0.579. The first-order valence-electron chi connectivity index (χ1n) is 8.82. The third-order valence-electron chi connectivity index (χ3n) is 5.33. The van der Waals surface area contributed by atoms with Gasteiger partial charge in [-0.05, 0) is 43.4 Å². The number of aryl methyl sites for hydroxylation is 1. The van der Waals surface area contributed by atoms with Gasteiger partial charge >= 0.3 is 0 Å². The highest BCUT2D eigenvalue weighted by molar-refractivity contribution is 6.00. The molecular formula is C19H25FN2O2. The van der Waals surface area contributed by atoms with Crippen molar-refractivity contribution in [2.75, 3.05) is 11.4 Å². The van der Waals surface area contributed by atoms with Crippen molar-refractivity contribution in [3.8, 4) is 0 Å². The number of benzene rings is 1. The van der Waals surface area contributed by atoms with Crippen LogP contribution in [0.3, 0.4) is 0 Å². The molecule has 1 aromatic carbocycles. The van der Waals surface area contributed by atoms with E-state index >= 15 is 0 Å². The quantitative estimate of drug-likeness (QED) is 0.924. The Labute approximate surface area is 142 Å². The molecule has 5 heteroatoms. The lowest BCUT2D eigenvalue weighted by Crippen LogP contribution is -2.44. The molecule has 3 unspecified atom stereocenters. The topological polar surface area (TPSA) is 49.4 Å². The summed E-state index contributed by atoms with van der Waals surface area (Å²) in [4.78, 5) is 26.2. The van der Waals surface area contributed by atoms with E-state index in [0.717, 1.165) is 24.8 Å². The highest BCUT2D eigenvalue weighted by Crippen LogP contribution is 2.29. The van der Waals surface area contributed by atoms with Crippen molar-refractivity contribution in [1.29, 1.82) is 0 Å². The van der Waals surface area contributed by atoms with E-state index in [1.165, 1.54) is 17.4 Å². The van der Waals surface area contributed by atoms with Gasteiger partial charge in [0.1, 0.15) is 5.82 Å². The van der Waals surface area contributed by atoms with Gasteiger partial charge in [0.05, 0.1) is 11.6 Å². The molecular weight excluding hydrogens is 307 g/mol. The van der Waals surface area contributed by atoms with Crippen LogP contribution in [0, 0.1) is 24.6 Å². The lowest BCUT2D eigenvalue weighted by atomic mass is 9.85. The summed E-state index contributed by atoms with van der Waals surface area (Å²) in [7, 11) is 0. The summed E-state index contributed by atoms with van der Waals surface area (Å²) in [6.45, 7) is 4.23. The van der Waals surface area contributed by atoms with Crippen LogP contribution in [0.2, 0.25) is 0 Å². The van der Waals surface area contributed by atoms with Crippen molar-refractivity contribution in [3.63, 3.8) is 0 Å². The van der Waals surface area contributed by atoms with Gasteiger partial charge in [-0.2, -0.15) is 0 Å². The van der Waals surface area contributed by atoms with E-state index in [2.05, 4.69) is 12.2 Å². The molecule has 1 N–H and O–H groups in total. The fourth-order valence-corrected chi connectivity index (χ4v) is 3.78. The summed E-state index contributed by atoms with van der Waals surface area (Å²) in [5.74, 6) is -0.588. The van der Waals surface area contributed by atoms with E-state index in [4.69, 9.17) is 0 Å². The van der Waals surface area contributed by atoms with Crippen LogP contribution in [-0.2, 0) is 9.59 Å². The maximum Gasteiger partial charge on any atom is 0.227 e. The second kappa shape index (κ2) is 6.91. The van der Waals surface area contributed by atoms with Crippen molar-refractivity contribution < 1.29 is 14.0 Å². The summed E-state index contributed by atoms with van der Waals surface area (Å²) in [5.41, 5.74) is 1.08. The summed E-state index contributed by atoms with van der Waals surface area (Å²) in [6.07, 6.45) is 4.65. The molecule has 130 valence electrons. The maximum absolute atomic E-state index is 14.1. The molecule has 1 saturated heterocycles. The molecule has 0 bridgehead atoms. The van der Waals surface area contributed by atoms with E-state index in [0.29, 0.717) is 5.92 Å². The zero-order valence-electron chi connectivity index (χ0n) is 14.3. The Kier molecular flexibility index (Phi) is 4.88. The molecule has 1 aromatic rings. The van der Waals surface area contributed by atoms with E-state index < -0.39 is 11.7 Å². The minimum atomic E-state index is -0.412. The Morgan fingerprint density at radius 1 is 1.29 bits per heavy atom. The van der Waals surface area contributed by atoms with Crippen molar-refractivity contribution in [1.82, 2.24) is 5.32 Å². The first kappa shape index (κ1) is 16.9. The molecule has 0 radical (unpaired) electrons. The van der Waals surface area contributed by atoms with Gasteiger partial charge in [-0.15, -0.1) is 0 Å². The molecule has 4 nitrogen and oxygen atoms in total. The van der Waals surface area contributed by atoms with Crippen molar-refractivity contribution in [2.24, 2.45) is 11.8 Å². The number of nitrogens with zero attached hydrogens (tertiary/aromatic N) is 1. The monoisotopic (exact) mass is 332 g/mol. The molecule has 1 aliphatic heterocycles. The van der Waals surface area contributed by atoms with Crippen LogP contribution >= 0.6 is 0 Å². The van der Waals surface area contributed by atoms with Crippen LogP contribution in [0.4, 0.5) is 10.1 Å². The molecule has 2 amide bonds. The minimum Gasteiger partial charge on any atom is -0.353 e. The van der Waals surface area contributed by atoms with E-state index in [9.17, 15) is 14.0 Å². The zero-order chi connectivity index (χ0) is 17.3. The summed E-state index contributed by atoms with van der Waals surface area (Å²) < 4.78 is 14.1. The smallest absolute Gasteiger partial charge is 0.227 e. The number of anilines is 1. The Morgan fingerprint density at radius 2 is 2.04 bits per heavy atom. The third kappa shape index (κ3) is 3.45. The molecule has 1 aliphatic carbocycles. The molecule has 2 fully saturated rings. The third-order valence-corrected chi connectivity index (χ3v) is 5.33. The Morgan fingerprint density at radius 3 is 2.75 bits per heavy atom. The first-order chi connectivity index (χ1) is 11.5. The number of carbonyl (C=O) groups excluding carboxylic acids is 2. The van der Waals surface area contributed by atoms with Crippen LogP contribution in [0.15, 0.2) is 18.2 Å². The normalized spacial score (nSPS) is 27.4. The average molecular weight is 332 g/mol. The Balaban J connectivity index is 1.66. The van der Waals surface area contributed by atoms with Gasteiger partial charge in [0.25, 0.3) is 0 Å². The maximum atomic E-state index is 14.1. The Bertz CT molecular complexity index is 646.